The minimum atomic E-state index is -0.184. The molecule has 0 bridgehead atoms. The lowest BCUT2D eigenvalue weighted by Gasteiger charge is -2.08. The Balaban J connectivity index is 2.54. The van der Waals surface area contributed by atoms with Crippen molar-refractivity contribution in [2.45, 2.75) is 26.8 Å². The summed E-state index contributed by atoms with van der Waals surface area (Å²) in [5.74, 6) is 0.671. The van der Waals surface area contributed by atoms with Crippen molar-refractivity contribution in [3.8, 4) is 5.69 Å². The molecular weight excluding hydrogens is 202 g/mol. The third-order valence-electron chi connectivity index (χ3n) is 2.35. The Morgan fingerprint density at radius 1 is 1.19 bits per heavy atom. The fourth-order valence-electron chi connectivity index (χ4n) is 1.73. The van der Waals surface area contributed by atoms with Gasteiger partial charge in [0.05, 0.1) is 11.7 Å². The second-order valence-electron chi connectivity index (χ2n) is 4.08. The largest absolute Gasteiger partial charge is 0.321 e. The molecule has 0 amide bonds. The molecular formula is C11H15N5. The number of rotatable bonds is 2. The van der Waals surface area contributed by atoms with E-state index in [1.165, 1.54) is 11.1 Å². The maximum atomic E-state index is 5.81. The number of aryl methyl sites for hydroxylation is 2. The zero-order chi connectivity index (χ0) is 11.7. The Morgan fingerprint density at radius 2 is 1.81 bits per heavy atom. The summed E-state index contributed by atoms with van der Waals surface area (Å²) >= 11 is 0. The van der Waals surface area contributed by atoms with Crippen molar-refractivity contribution in [3.63, 3.8) is 0 Å². The van der Waals surface area contributed by atoms with Crippen LogP contribution in [-0.2, 0) is 0 Å². The van der Waals surface area contributed by atoms with Gasteiger partial charge in [-0.1, -0.05) is 6.07 Å². The maximum absolute atomic E-state index is 5.81. The molecule has 0 aliphatic rings. The van der Waals surface area contributed by atoms with Crippen molar-refractivity contribution in [2.24, 2.45) is 5.73 Å². The Morgan fingerprint density at radius 3 is 2.38 bits per heavy atom. The number of nitrogens with two attached hydrogens (primary N) is 1. The van der Waals surface area contributed by atoms with Gasteiger partial charge in [0.15, 0.2) is 5.82 Å². The van der Waals surface area contributed by atoms with E-state index in [2.05, 4.69) is 21.6 Å². The molecule has 2 N–H and O–H groups in total. The number of aromatic nitrogens is 4. The summed E-state index contributed by atoms with van der Waals surface area (Å²) in [5.41, 5.74) is 9.13. The third kappa shape index (κ3) is 1.94. The lowest BCUT2D eigenvalue weighted by atomic mass is 10.1. The van der Waals surface area contributed by atoms with Gasteiger partial charge in [-0.3, -0.25) is 0 Å². The van der Waals surface area contributed by atoms with Crippen LogP contribution >= 0.6 is 0 Å². The summed E-state index contributed by atoms with van der Waals surface area (Å²) < 4.78 is 1.69. The lowest BCUT2D eigenvalue weighted by Crippen LogP contribution is -2.13. The molecule has 1 unspecified atom stereocenters. The molecule has 0 aliphatic heterocycles. The molecule has 0 saturated carbocycles. The van der Waals surface area contributed by atoms with Crippen LogP contribution in [0.4, 0.5) is 0 Å². The van der Waals surface area contributed by atoms with Gasteiger partial charge in [0, 0.05) is 0 Å². The number of nitrogens with zero attached hydrogens (tertiary/aromatic N) is 4. The van der Waals surface area contributed by atoms with Gasteiger partial charge in [-0.2, -0.15) is 4.68 Å². The first-order valence-electron chi connectivity index (χ1n) is 5.20. The van der Waals surface area contributed by atoms with E-state index in [0.717, 1.165) is 5.69 Å². The molecule has 0 spiro atoms. The predicted octanol–water partition coefficient (Wildman–Crippen LogP) is 1.30. The SMILES string of the molecule is Cc1cc(C)cc(-n2nnnc2C(C)N)c1. The summed E-state index contributed by atoms with van der Waals surface area (Å²) in [6, 6.07) is 6.00. The maximum Gasteiger partial charge on any atom is 0.173 e. The molecule has 1 heterocycles. The molecule has 0 aliphatic carbocycles. The average molecular weight is 217 g/mol. The Bertz CT molecular complexity index is 481. The van der Waals surface area contributed by atoms with Crippen LogP contribution in [-0.4, -0.2) is 20.2 Å². The van der Waals surface area contributed by atoms with E-state index in [4.69, 9.17) is 5.73 Å². The van der Waals surface area contributed by atoms with Gasteiger partial charge in [0.25, 0.3) is 0 Å². The van der Waals surface area contributed by atoms with Crippen LogP contribution in [0.25, 0.3) is 5.69 Å². The highest BCUT2D eigenvalue weighted by Gasteiger charge is 2.12. The normalized spacial score (nSPS) is 12.8. The molecule has 84 valence electrons. The molecule has 1 atom stereocenters. The van der Waals surface area contributed by atoms with Gasteiger partial charge in [-0.25, -0.2) is 0 Å². The van der Waals surface area contributed by atoms with Crippen LogP contribution < -0.4 is 5.73 Å². The zero-order valence-corrected chi connectivity index (χ0v) is 9.68. The number of hydrogen-bond acceptors (Lipinski definition) is 4. The highest BCUT2D eigenvalue weighted by molar-refractivity contribution is 5.39. The van der Waals surface area contributed by atoms with Crippen molar-refractivity contribution in [1.29, 1.82) is 0 Å². The topological polar surface area (TPSA) is 69.6 Å². The first-order valence-corrected chi connectivity index (χ1v) is 5.20. The molecule has 5 nitrogen and oxygen atoms in total. The second-order valence-corrected chi connectivity index (χ2v) is 4.08. The molecule has 0 fully saturated rings. The van der Waals surface area contributed by atoms with Gasteiger partial charge in [-0.05, 0) is 54.5 Å². The standard InChI is InChI=1S/C11H15N5/c1-7-4-8(2)6-10(5-7)16-11(9(3)12)13-14-15-16/h4-6,9H,12H2,1-3H3. The summed E-state index contributed by atoms with van der Waals surface area (Å²) in [4.78, 5) is 0. The average Bonchev–Trinajstić information content (AvgIpc) is 2.63. The van der Waals surface area contributed by atoms with E-state index in [1.54, 1.807) is 4.68 Å². The molecule has 5 heteroatoms. The predicted molar refractivity (Wildman–Crippen MR) is 61.2 cm³/mol. The van der Waals surface area contributed by atoms with Crippen LogP contribution in [0.2, 0.25) is 0 Å². The molecule has 0 saturated heterocycles. The smallest absolute Gasteiger partial charge is 0.173 e. The lowest BCUT2D eigenvalue weighted by molar-refractivity contribution is 0.688. The van der Waals surface area contributed by atoms with Crippen molar-refractivity contribution < 1.29 is 0 Å². The fraction of sp³-hybridized carbons (Fsp3) is 0.364. The van der Waals surface area contributed by atoms with Crippen molar-refractivity contribution in [3.05, 3.63) is 35.2 Å². The minimum absolute atomic E-state index is 0.184. The number of tetrazole rings is 1. The molecule has 2 aromatic rings. The van der Waals surface area contributed by atoms with E-state index in [9.17, 15) is 0 Å². The van der Waals surface area contributed by atoms with Gasteiger partial charge >= 0.3 is 0 Å². The highest BCUT2D eigenvalue weighted by atomic mass is 15.5. The van der Waals surface area contributed by atoms with E-state index >= 15 is 0 Å². The molecule has 2 rings (SSSR count). The fourth-order valence-corrected chi connectivity index (χ4v) is 1.73. The van der Waals surface area contributed by atoms with E-state index in [0.29, 0.717) is 5.82 Å². The first kappa shape index (κ1) is 10.8. The van der Waals surface area contributed by atoms with Crippen molar-refractivity contribution in [1.82, 2.24) is 20.2 Å². The Kier molecular flexibility index (Phi) is 2.70. The first-order chi connectivity index (χ1) is 7.58. The summed E-state index contributed by atoms with van der Waals surface area (Å²) in [6.45, 7) is 5.96. The van der Waals surface area contributed by atoms with Gasteiger partial charge in [0.2, 0.25) is 0 Å². The van der Waals surface area contributed by atoms with Crippen LogP contribution in [0.5, 0.6) is 0 Å². The Labute approximate surface area is 94.3 Å². The molecule has 1 aromatic carbocycles. The van der Waals surface area contributed by atoms with Crippen LogP contribution in [0.1, 0.15) is 29.9 Å². The zero-order valence-electron chi connectivity index (χ0n) is 9.68. The van der Waals surface area contributed by atoms with Gasteiger partial charge < -0.3 is 5.73 Å². The number of hydrogen-bond donors (Lipinski definition) is 1. The van der Waals surface area contributed by atoms with Crippen LogP contribution in [0.15, 0.2) is 18.2 Å². The van der Waals surface area contributed by atoms with Crippen LogP contribution in [0, 0.1) is 13.8 Å². The third-order valence-corrected chi connectivity index (χ3v) is 2.35. The summed E-state index contributed by atoms with van der Waals surface area (Å²) in [5, 5.41) is 11.6. The highest BCUT2D eigenvalue weighted by Crippen LogP contribution is 2.15. The van der Waals surface area contributed by atoms with E-state index < -0.39 is 0 Å². The molecule has 0 radical (unpaired) electrons. The van der Waals surface area contributed by atoms with E-state index in [1.807, 2.05) is 32.9 Å². The minimum Gasteiger partial charge on any atom is -0.321 e. The quantitative estimate of drug-likeness (QED) is 0.823. The monoisotopic (exact) mass is 217 g/mol. The molecule has 1 aromatic heterocycles. The Hall–Kier alpha value is -1.75. The van der Waals surface area contributed by atoms with E-state index in [-0.39, 0.29) is 6.04 Å². The molecule has 16 heavy (non-hydrogen) atoms. The van der Waals surface area contributed by atoms with Crippen molar-refractivity contribution in [2.75, 3.05) is 0 Å². The summed E-state index contributed by atoms with van der Waals surface area (Å²) in [6.07, 6.45) is 0. The van der Waals surface area contributed by atoms with Crippen molar-refractivity contribution >= 4 is 0 Å². The summed E-state index contributed by atoms with van der Waals surface area (Å²) in [7, 11) is 0. The number of benzene rings is 1. The van der Waals surface area contributed by atoms with Gasteiger partial charge in [0.1, 0.15) is 0 Å². The van der Waals surface area contributed by atoms with Gasteiger partial charge in [-0.15, -0.1) is 5.10 Å². The second kappa shape index (κ2) is 4.02. The van der Waals surface area contributed by atoms with Crippen LogP contribution in [0.3, 0.4) is 0 Å².